The van der Waals surface area contributed by atoms with E-state index >= 15 is 0 Å². The van der Waals surface area contributed by atoms with Crippen molar-refractivity contribution in [2.45, 2.75) is 18.5 Å². The van der Waals surface area contributed by atoms with Gasteiger partial charge in [-0.3, -0.25) is 4.79 Å². The maximum atomic E-state index is 10.4. The lowest BCUT2D eigenvalue weighted by molar-refractivity contribution is -0.133. The summed E-state index contributed by atoms with van der Waals surface area (Å²) in [5, 5.41) is 16.7. The Morgan fingerprint density at radius 1 is 1.65 bits per heavy atom. The third-order valence-corrected chi connectivity index (χ3v) is 2.97. The Bertz CT molecular complexity index is 382. The van der Waals surface area contributed by atoms with E-state index in [1.165, 1.54) is 4.68 Å². The van der Waals surface area contributed by atoms with Gasteiger partial charge in [0.15, 0.2) is 5.82 Å². The van der Waals surface area contributed by atoms with Gasteiger partial charge in [-0.2, -0.15) is 0 Å². The fraction of sp³-hybridized carbons (Fsp3) is 0.667. The molecule has 1 heterocycles. The van der Waals surface area contributed by atoms with Crippen molar-refractivity contribution in [1.82, 2.24) is 14.9 Å². The van der Waals surface area contributed by atoms with Crippen LogP contribution in [0.2, 0.25) is 0 Å². The Morgan fingerprint density at radius 2 is 2.35 bits per heavy atom. The lowest BCUT2D eigenvalue weighted by atomic mass is 10.1. The summed E-state index contributed by atoms with van der Waals surface area (Å²) in [6.07, 6.45) is 0.644. The summed E-state index contributed by atoms with van der Waals surface area (Å²) in [4.78, 5) is 10.4. The second kappa shape index (κ2) is 6.45. The van der Waals surface area contributed by atoms with E-state index in [-0.39, 0.29) is 11.7 Å². The van der Waals surface area contributed by atoms with Crippen LogP contribution in [0.4, 0.5) is 0 Å². The summed E-state index contributed by atoms with van der Waals surface area (Å²) >= 11 is 1.05. The van der Waals surface area contributed by atoms with Gasteiger partial charge in [-0.05, 0) is 5.92 Å². The number of nitrogens with zero attached hydrogens (tertiary/aromatic N) is 3. The molecule has 0 amide bonds. The Morgan fingerprint density at radius 3 is 2.94 bits per heavy atom. The van der Waals surface area contributed by atoms with Gasteiger partial charge < -0.3 is 15.7 Å². The molecule has 0 aliphatic rings. The average molecular weight is 260 g/mol. The van der Waals surface area contributed by atoms with Crippen LogP contribution >= 0.6 is 11.8 Å². The Balaban J connectivity index is 2.60. The first-order valence-corrected chi connectivity index (χ1v) is 6.06. The molecule has 1 rings (SSSR count). The van der Waals surface area contributed by atoms with E-state index in [9.17, 15) is 4.79 Å². The quantitative estimate of drug-likeness (QED) is 0.525. The van der Waals surface area contributed by atoms with Crippen LogP contribution in [0.25, 0.3) is 0 Å². The van der Waals surface area contributed by atoms with Gasteiger partial charge in [-0.15, -0.1) is 10.2 Å². The molecule has 1 unspecified atom stereocenters. The van der Waals surface area contributed by atoms with Gasteiger partial charge in [0.05, 0.1) is 5.75 Å². The number of carboxylic acids is 1. The monoisotopic (exact) mass is 260 g/mol. The molecule has 0 bridgehead atoms. The van der Waals surface area contributed by atoms with Crippen molar-refractivity contribution in [2.24, 2.45) is 5.92 Å². The van der Waals surface area contributed by atoms with E-state index < -0.39 is 5.97 Å². The highest BCUT2D eigenvalue weighted by Crippen LogP contribution is 2.15. The maximum Gasteiger partial charge on any atom is 0.313 e. The summed E-state index contributed by atoms with van der Waals surface area (Å²) in [5.41, 5.74) is 0. The van der Waals surface area contributed by atoms with Crippen molar-refractivity contribution in [1.29, 1.82) is 0 Å². The summed E-state index contributed by atoms with van der Waals surface area (Å²) < 4.78 is 6.35. The maximum absolute atomic E-state index is 10.4. The molecular formula is C9H16N4O3S. The van der Waals surface area contributed by atoms with E-state index in [1.54, 1.807) is 7.11 Å². The molecule has 7 nitrogen and oxygen atoms in total. The summed E-state index contributed by atoms with van der Waals surface area (Å²) in [6.45, 7) is 2.63. The molecule has 1 aromatic rings. The van der Waals surface area contributed by atoms with Gasteiger partial charge in [0, 0.05) is 20.1 Å². The van der Waals surface area contributed by atoms with Crippen LogP contribution in [0.3, 0.4) is 0 Å². The lowest BCUT2D eigenvalue weighted by Crippen LogP contribution is -2.18. The number of hydrogen-bond acceptors (Lipinski definition) is 6. The second-order valence-corrected chi connectivity index (χ2v) is 4.66. The number of hydrogen-bond donors (Lipinski definition) is 2. The number of aromatic nitrogens is 3. The number of nitrogens with two attached hydrogens (primary N) is 1. The number of methoxy groups -OCH3 is 1. The molecule has 17 heavy (non-hydrogen) atoms. The predicted octanol–water partition coefficient (Wildman–Crippen LogP) is -0.00640. The number of rotatable bonds is 7. The SMILES string of the molecule is COCC(C)Cc1nnc(SCC(=O)O)n1N. The van der Waals surface area contributed by atoms with Crippen LogP contribution in [0, 0.1) is 5.92 Å². The van der Waals surface area contributed by atoms with Crippen molar-refractivity contribution in [3.05, 3.63) is 5.82 Å². The number of nitrogen functional groups attached to an aromatic ring is 1. The normalized spacial score (nSPS) is 12.6. The summed E-state index contributed by atoms with van der Waals surface area (Å²) in [7, 11) is 1.64. The third-order valence-electron chi connectivity index (χ3n) is 2.04. The molecule has 0 fully saturated rings. The average Bonchev–Trinajstić information content (AvgIpc) is 2.58. The largest absolute Gasteiger partial charge is 0.481 e. The molecule has 0 saturated carbocycles. The summed E-state index contributed by atoms with van der Waals surface area (Å²) in [5.74, 6) is 5.69. The highest BCUT2D eigenvalue weighted by atomic mass is 32.2. The molecule has 0 spiro atoms. The van der Waals surface area contributed by atoms with Gasteiger partial charge in [-0.1, -0.05) is 18.7 Å². The van der Waals surface area contributed by atoms with Crippen LogP contribution < -0.4 is 5.84 Å². The standard InChI is InChI=1S/C9H16N4O3S/c1-6(4-16-2)3-7-11-12-9(13(7)10)17-5-8(14)15/h6H,3-5,10H2,1-2H3,(H,14,15). The third kappa shape index (κ3) is 4.23. The minimum absolute atomic E-state index is 0.0804. The van der Waals surface area contributed by atoms with Gasteiger partial charge >= 0.3 is 5.97 Å². The first-order valence-electron chi connectivity index (χ1n) is 5.07. The molecule has 3 N–H and O–H groups in total. The fourth-order valence-corrected chi connectivity index (χ4v) is 1.92. The van der Waals surface area contributed by atoms with Crippen LogP contribution in [0.5, 0.6) is 0 Å². The molecule has 96 valence electrons. The molecule has 1 atom stereocenters. The number of carbonyl (C=O) groups is 1. The van der Waals surface area contributed by atoms with Crippen LogP contribution in [-0.4, -0.2) is 45.4 Å². The number of ether oxygens (including phenoxy) is 1. The van der Waals surface area contributed by atoms with Gasteiger partial charge in [0.1, 0.15) is 0 Å². The minimum atomic E-state index is -0.910. The van der Waals surface area contributed by atoms with Gasteiger partial charge in [0.2, 0.25) is 5.16 Å². The van der Waals surface area contributed by atoms with Crippen molar-refractivity contribution < 1.29 is 14.6 Å². The van der Waals surface area contributed by atoms with Crippen LogP contribution in [0.15, 0.2) is 5.16 Å². The number of aliphatic carboxylic acids is 1. The Labute approximate surface area is 103 Å². The van der Waals surface area contributed by atoms with E-state index in [2.05, 4.69) is 10.2 Å². The smallest absolute Gasteiger partial charge is 0.313 e. The van der Waals surface area contributed by atoms with E-state index in [0.717, 1.165) is 11.8 Å². The first-order chi connectivity index (χ1) is 8.04. The zero-order valence-corrected chi connectivity index (χ0v) is 10.6. The van der Waals surface area contributed by atoms with Crippen LogP contribution in [-0.2, 0) is 16.0 Å². The Kier molecular flexibility index (Phi) is 5.23. The lowest BCUT2D eigenvalue weighted by Gasteiger charge is -2.09. The summed E-state index contributed by atoms with van der Waals surface area (Å²) in [6, 6.07) is 0. The van der Waals surface area contributed by atoms with E-state index in [4.69, 9.17) is 15.7 Å². The molecule has 0 saturated heterocycles. The second-order valence-electron chi connectivity index (χ2n) is 3.72. The van der Waals surface area contributed by atoms with Crippen molar-refractivity contribution in [3.63, 3.8) is 0 Å². The topological polar surface area (TPSA) is 103 Å². The minimum Gasteiger partial charge on any atom is -0.481 e. The van der Waals surface area contributed by atoms with E-state index in [1.807, 2.05) is 6.92 Å². The zero-order chi connectivity index (χ0) is 12.8. The zero-order valence-electron chi connectivity index (χ0n) is 9.79. The molecular weight excluding hydrogens is 244 g/mol. The molecule has 0 aromatic carbocycles. The fourth-order valence-electron chi connectivity index (χ4n) is 1.33. The molecule has 0 radical (unpaired) electrons. The van der Waals surface area contributed by atoms with E-state index in [0.29, 0.717) is 24.0 Å². The number of thioether (sulfide) groups is 1. The molecule has 1 aromatic heterocycles. The van der Waals surface area contributed by atoms with Crippen molar-refractivity contribution >= 4 is 17.7 Å². The predicted molar refractivity (Wildman–Crippen MR) is 63.3 cm³/mol. The van der Waals surface area contributed by atoms with Crippen molar-refractivity contribution in [2.75, 3.05) is 25.3 Å². The molecule has 0 aliphatic heterocycles. The molecule has 0 aliphatic carbocycles. The van der Waals surface area contributed by atoms with Gasteiger partial charge in [-0.25, -0.2) is 4.68 Å². The molecule has 8 heteroatoms. The first kappa shape index (κ1) is 13.8. The highest BCUT2D eigenvalue weighted by molar-refractivity contribution is 7.99. The highest BCUT2D eigenvalue weighted by Gasteiger charge is 2.14. The van der Waals surface area contributed by atoms with Crippen molar-refractivity contribution in [3.8, 4) is 0 Å². The van der Waals surface area contributed by atoms with Gasteiger partial charge in [0.25, 0.3) is 0 Å². The number of carboxylic acid groups (broad SMARTS) is 1. The van der Waals surface area contributed by atoms with Crippen LogP contribution in [0.1, 0.15) is 12.7 Å². The Hall–Kier alpha value is -1.28.